The van der Waals surface area contributed by atoms with E-state index in [0.717, 1.165) is 57.3 Å². The summed E-state index contributed by atoms with van der Waals surface area (Å²) in [7, 11) is -1.21. The van der Waals surface area contributed by atoms with Gasteiger partial charge >= 0.3 is 13.3 Å². The number of nitrogens with two attached hydrogens (primary N) is 1. The number of halogens is 2. The molecule has 1 aliphatic heterocycles. The second-order valence-electron chi connectivity index (χ2n) is 6.87. The van der Waals surface area contributed by atoms with Crippen LogP contribution in [-0.4, -0.2) is 47.3 Å². The Kier molecular flexibility index (Phi) is 11.4. The van der Waals surface area contributed by atoms with Crippen LogP contribution in [0.5, 0.6) is 0 Å². The van der Waals surface area contributed by atoms with Crippen molar-refractivity contribution < 1.29 is 24.0 Å². The molecule has 1 atom stereocenters. The highest BCUT2D eigenvalue weighted by molar-refractivity contribution is 6.40. The number of rotatable bonds is 8. The Bertz CT molecular complexity index is 595. The molecule has 0 aromatic heterocycles. The maximum atomic E-state index is 13.5. The summed E-state index contributed by atoms with van der Waals surface area (Å²) >= 11 is 5.72. The Labute approximate surface area is 164 Å². The fourth-order valence-electron chi connectivity index (χ4n) is 3.38. The van der Waals surface area contributed by atoms with Gasteiger partial charge in [0.05, 0.1) is 5.02 Å². The molecular formula is C18H27BClFN2O4. The highest BCUT2D eigenvalue weighted by Gasteiger charge is 2.24. The normalized spacial score (nSPS) is 16.2. The van der Waals surface area contributed by atoms with Crippen molar-refractivity contribution >= 4 is 24.9 Å². The van der Waals surface area contributed by atoms with Gasteiger partial charge in [-0.25, -0.2) is 4.39 Å². The lowest BCUT2D eigenvalue weighted by Gasteiger charge is -2.35. The first-order chi connectivity index (χ1) is 12.9. The van der Waals surface area contributed by atoms with Gasteiger partial charge in [0.15, 0.2) is 0 Å². The summed E-state index contributed by atoms with van der Waals surface area (Å²) in [6.07, 6.45) is 5.44. The van der Waals surface area contributed by atoms with Crippen LogP contribution < -0.4 is 5.73 Å². The van der Waals surface area contributed by atoms with Crippen molar-refractivity contribution in [1.82, 2.24) is 4.90 Å². The van der Waals surface area contributed by atoms with Crippen molar-refractivity contribution in [2.24, 2.45) is 11.7 Å². The molecule has 0 spiro atoms. The van der Waals surface area contributed by atoms with E-state index in [1.807, 2.05) is 6.07 Å². The van der Waals surface area contributed by atoms with Crippen LogP contribution in [0.1, 0.15) is 37.7 Å². The average molecular weight is 401 g/mol. The number of piperidine rings is 1. The number of nitrogens with zero attached hydrogens (tertiary/aromatic N) is 1. The lowest BCUT2D eigenvalue weighted by atomic mass is 9.82. The van der Waals surface area contributed by atoms with E-state index < -0.39 is 7.12 Å². The molecule has 0 bridgehead atoms. The van der Waals surface area contributed by atoms with Crippen LogP contribution in [0, 0.1) is 11.7 Å². The topological polar surface area (TPSA) is 104 Å². The Morgan fingerprint density at radius 2 is 1.93 bits per heavy atom. The van der Waals surface area contributed by atoms with E-state index in [1.54, 1.807) is 6.07 Å². The summed E-state index contributed by atoms with van der Waals surface area (Å²) in [5.41, 5.74) is 7.24. The van der Waals surface area contributed by atoms with Crippen LogP contribution in [0.15, 0.2) is 18.2 Å². The largest absolute Gasteiger partial charge is 0.451 e. The molecule has 1 saturated heterocycles. The Hall–Kier alpha value is -1.28. The highest BCUT2D eigenvalue weighted by Crippen LogP contribution is 2.24. The summed E-state index contributed by atoms with van der Waals surface area (Å²) in [6.45, 7) is 2.68. The van der Waals surface area contributed by atoms with Crippen molar-refractivity contribution in [3.05, 3.63) is 34.6 Å². The van der Waals surface area contributed by atoms with Crippen molar-refractivity contribution in [2.75, 3.05) is 13.1 Å². The van der Waals surface area contributed by atoms with Crippen molar-refractivity contribution in [1.29, 1.82) is 0 Å². The molecule has 27 heavy (non-hydrogen) atoms. The lowest BCUT2D eigenvalue weighted by molar-refractivity contribution is -0.191. The minimum atomic E-state index is -1.21. The van der Waals surface area contributed by atoms with Gasteiger partial charge in [0.1, 0.15) is 5.82 Å². The quantitative estimate of drug-likeness (QED) is 0.456. The zero-order valence-corrected chi connectivity index (χ0v) is 16.1. The second kappa shape index (κ2) is 13.0. The van der Waals surface area contributed by atoms with Crippen LogP contribution in [0.25, 0.3) is 0 Å². The summed E-state index contributed by atoms with van der Waals surface area (Å²) in [5, 5.41) is 17.8. The first-order valence-electron chi connectivity index (χ1n) is 9.14. The number of carbonyl (C=O) groups excluding carboxylic acids is 2. The Balaban J connectivity index is 0.00000114. The maximum absolute atomic E-state index is 13.5. The molecule has 150 valence electrons. The number of hydrogen-bond acceptors (Lipinski definition) is 6. The van der Waals surface area contributed by atoms with E-state index in [2.05, 4.69) is 4.90 Å². The summed E-state index contributed by atoms with van der Waals surface area (Å²) in [5.74, 6) is 0.154. The molecule has 1 aromatic carbocycles. The maximum Gasteiger partial charge on any atom is 0.451 e. The predicted octanol–water partition coefficient (Wildman–Crippen LogP) is 2.08. The second-order valence-corrected chi connectivity index (χ2v) is 7.28. The number of likely N-dealkylation sites (tertiary alicyclic amines) is 1. The predicted molar refractivity (Wildman–Crippen MR) is 101 cm³/mol. The lowest BCUT2D eigenvalue weighted by Crippen LogP contribution is -2.40. The molecular weight excluding hydrogens is 373 g/mol. The van der Waals surface area contributed by atoms with Crippen molar-refractivity contribution in [3.63, 3.8) is 0 Å². The molecule has 0 aliphatic carbocycles. The molecule has 0 radical (unpaired) electrons. The third kappa shape index (κ3) is 9.47. The molecule has 9 heteroatoms. The van der Waals surface area contributed by atoms with E-state index in [-0.39, 0.29) is 23.0 Å². The smallest absolute Gasteiger partial charge is 0.427 e. The summed E-state index contributed by atoms with van der Waals surface area (Å²) in [4.78, 5) is 18.6. The molecule has 1 aromatic rings. The number of hydrogen-bond donors (Lipinski definition) is 3. The van der Waals surface area contributed by atoms with Crippen molar-refractivity contribution in [3.8, 4) is 0 Å². The number of benzene rings is 1. The van der Waals surface area contributed by atoms with Gasteiger partial charge in [-0.05, 0) is 62.3 Å². The van der Waals surface area contributed by atoms with E-state index in [9.17, 15) is 4.39 Å². The zero-order valence-electron chi connectivity index (χ0n) is 15.3. The van der Waals surface area contributed by atoms with Crippen LogP contribution in [-0.2, 0) is 16.1 Å². The molecule has 1 heterocycles. The van der Waals surface area contributed by atoms with Gasteiger partial charge in [-0.1, -0.05) is 30.5 Å². The standard InChI is InChI=1S/C17H27BClFN2O2.CO2/c19-15-5-4-13(11-16(15)20)12-22-9-6-14(7-10-22)17(21)3-1-2-8-18(23)24;2-1-3/h4-5,11,14,17,23-24H,1-3,6-10,12,21H2;. The summed E-state index contributed by atoms with van der Waals surface area (Å²) < 4.78 is 13.5. The van der Waals surface area contributed by atoms with Gasteiger partial charge in [0.25, 0.3) is 0 Å². The van der Waals surface area contributed by atoms with E-state index in [0.29, 0.717) is 12.2 Å². The molecule has 4 N–H and O–H groups in total. The van der Waals surface area contributed by atoms with Gasteiger partial charge in [-0.3, -0.25) is 4.90 Å². The first-order valence-corrected chi connectivity index (χ1v) is 9.52. The van der Waals surface area contributed by atoms with E-state index in [1.165, 1.54) is 6.07 Å². The highest BCUT2D eigenvalue weighted by atomic mass is 35.5. The van der Waals surface area contributed by atoms with Gasteiger partial charge in [-0.15, -0.1) is 0 Å². The minimum Gasteiger partial charge on any atom is -0.427 e. The SMILES string of the molecule is NC(CCCCB(O)O)C1CCN(Cc2ccc(Cl)c(F)c2)CC1.O=C=O. The average Bonchev–Trinajstić information content (AvgIpc) is 2.63. The summed E-state index contributed by atoms with van der Waals surface area (Å²) in [6, 6.07) is 5.17. The fraction of sp³-hybridized carbons (Fsp3) is 0.611. The Morgan fingerprint density at radius 3 is 2.48 bits per heavy atom. The number of unbranched alkanes of at least 4 members (excludes halogenated alkanes) is 1. The third-order valence-corrected chi connectivity index (χ3v) is 5.18. The van der Waals surface area contributed by atoms with Crippen LogP contribution in [0.4, 0.5) is 4.39 Å². The van der Waals surface area contributed by atoms with Gasteiger partial charge < -0.3 is 15.8 Å². The van der Waals surface area contributed by atoms with Gasteiger partial charge in [0.2, 0.25) is 0 Å². The zero-order chi connectivity index (χ0) is 20.2. The van der Waals surface area contributed by atoms with Gasteiger partial charge in [-0.2, -0.15) is 9.59 Å². The molecule has 0 amide bonds. The van der Waals surface area contributed by atoms with Gasteiger partial charge in [0, 0.05) is 12.6 Å². The van der Waals surface area contributed by atoms with E-state index >= 15 is 0 Å². The molecule has 1 unspecified atom stereocenters. The molecule has 1 fully saturated rings. The Morgan fingerprint density at radius 1 is 1.30 bits per heavy atom. The van der Waals surface area contributed by atoms with E-state index in [4.69, 9.17) is 37.0 Å². The monoisotopic (exact) mass is 400 g/mol. The molecule has 1 aliphatic rings. The molecule has 6 nitrogen and oxygen atoms in total. The minimum absolute atomic E-state index is 0.164. The van der Waals surface area contributed by atoms with Crippen LogP contribution in [0.3, 0.4) is 0 Å². The van der Waals surface area contributed by atoms with Crippen molar-refractivity contribution in [2.45, 2.75) is 51.0 Å². The third-order valence-electron chi connectivity index (χ3n) is 4.88. The fourth-order valence-corrected chi connectivity index (χ4v) is 3.50. The first kappa shape index (κ1) is 23.8. The van der Waals surface area contributed by atoms with Crippen LogP contribution in [0.2, 0.25) is 11.3 Å². The molecule has 0 saturated carbocycles. The van der Waals surface area contributed by atoms with Crippen LogP contribution >= 0.6 is 11.6 Å². The molecule has 2 rings (SSSR count).